The van der Waals surface area contributed by atoms with Crippen LogP contribution in [0.4, 0.5) is 0 Å². The monoisotopic (exact) mass is 260 g/mol. The fourth-order valence-corrected chi connectivity index (χ4v) is 3.93. The average Bonchev–Trinajstić information content (AvgIpc) is 2.99. The Hall–Kier alpha value is -1.31. The number of carbonyl (C=O) groups is 1. The second-order valence-electron chi connectivity index (χ2n) is 5.75. The molecule has 3 rings (SSSR count). The summed E-state index contributed by atoms with van der Waals surface area (Å²) < 4.78 is 10.8. The molecule has 0 saturated heterocycles. The summed E-state index contributed by atoms with van der Waals surface area (Å²) in [6.07, 6.45) is 9.64. The van der Waals surface area contributed by atoms with Gasteiger partial charge in [-0.05, 0) is 55.1 Å². The molecule has 19 heavy (non-hydrogen) atoms. The predicted octanol–water partition coefficient (Wildman–Crippen LogP) is 2.49. The molecular formula is C16H20O3. The van der Waals surface area contributed by atoms with Gasteiger partial charge < -0.3 is 9.47 Å². The number of hydrogen-bond acceptors (Lipinski definition) is 3. The van der Waals surface area contributed by atoms with Gasteiger partial charge in [-0.2, -0.15) is 0 Å². The van der Waals surface area contributed by atoms with E-state index < -0.39 is 0 Å². The SMILES string of the molecule is C=CC(=O)OCCOC1CC2CC(C1)C1C=C=CC21. The third-order valence-corrected chi connectivity index (χ3v) is 4.70. The Labute approximate surface area is 114 Å². The molecule has 0 heterocycles. The lowest BCUT2D eigenvalue weighted by atomic mass is 9.84. The zero-order valence-corrected chi connectivity index (χ0v) is 11.1. The highest BCUT2D eigenvalue weighted by Crippen LogP contribution is 2.52. The standard InChI is InChI=1S/C16H20O3/c1-2-16(17)19-7-6-18-13-9-11-8-12(10-13)15-5-3-4-14(11)15/h2,4-5,11-15H,1,6-10H2. The van der Waals surface area contributed by atoms with Gasteiger partial charge in [-0.25, -0.2) is 4.79 Å². The van der Waals surface area contributed by atoms with Gasteiger partial charge >= 0.3 is 5.97 Å². The summed E-state index contributed by atoms with van der Waals surface area (Å²) >= 11 is 0. The van der Waals surface area contributed by atoms with E-state index in [1.165, 1.54) is 12.5 Å². The molecule has 3 aliphatic carbocycles. The number of rotatable bonds is 5. The van der Waals surface area contributed by atoms with Crippen LogP contribution in [0.5, 0.6) is 0 Å². The quantitative estimate of drug-likeness (QED) is 0.330. The van der Waals surface area contributed by atoms with Crippen molar-refractivity contribution < 1.29 is 14.3 Å². The van der Waals surface area contributed by atoms with Crippen LogP contribution in [-0.2, 0) is 14.3 Å². The summed E-state index contributed by atoms with van der Waals surface area (Å²) in [5, 5.41) is 0. The first kappa shape index (κ1) is 12.7. The number of ether oxygens (including phenoxy) is 2. The molecule has 4 atom stereocenters. The van der Waals surface area contributed by atoms with Crippen LogP contribution in [0.1, 0.15) is 19.3 Å². The molecule has 0 aromatic heterocycles. The van der Waals surface area contributed by atoms with Crippen molar-refractivity contribution in [3.05, 3.63) is 30.5 Å². The number of carbonyl (C=O) groups excluding carboxylic acids is 1. The molecule has 0 radical (unpaired) electrons. The van der Waals surface area contributed by atoms with E-state index in [1.54, 1.807) is 0 Å². The third-order valence-electron chi connectivity index (χ3n) is 4.70. The Morgan fingerprint density at radius 1 is 1.21 bits per heavy atom. The third kappa shape index (κ3) is 2.54. The molecule has 3 aliphatic rings. The molecule has 2 fully saturated rings. The Balaban J connectivity index is 1.44. The van der Waals surface area contributed by atoms with Crippen LogP contribution in [-0.4, -0.2) is 25.3 Å². The van der Waals surface area contributed by atoms with Crippen molar-refractivity contribution in [2.75, 3.05) is 13.2 Å². The van der Waals surface area contributed by atoms with Crippen LogP contribution < -0.4 is 0 Å². The first-order valence-electron chi connectivity index (χ1n) is 7.11. The van der Waals surface area contributed by atoms with Crippen LogP contribution >= 0.6 is 0 Å². The first-order valence-corrected chi connectivity index (χ1v) is 7.11. The fraction of sp³-hybridized carbons (Fsp3) is 0.625. The van der Waals surface area contributed by atoms with Gasteiger partial charge in [-0.15, -0.1) is 5.73 Å². The molecule has 4 unspecified atom stereocenters. The Kier molecular flexibility index (Phi) is 3.58. The Morgan fingerprint density at radius 2 is 1.89 bits per heavy atom. The van der Waals surface area contributed by atoms with Gasteiger partial charge in [0.15, 0.2) is 0 Å². The highest BCUT2D eigenvalue weighted by molar-refractivity contribution is 5.81. The molecule has 0 spiro atoms. The zero-order chi connectivity index (χ0) is 13.2. The van der Waals surface area contributed by atoms with E-state index in [0.717, 1.165) is 24.7 Å². The minimum atomic E-state index is -0.378. The van der Waals surface area contributed by atoms with E-state index in [9.17, 15) is 4.79 Å². The number of allylic oxidation sites excluding steroid dienone is 1. The maximum absolute atomic E-state index is 10.9. The molecule has 2 saturated carbocycles. The van der Waals surface area contributed by atoms with Gasteiger partial charge in [0.2, 0.25) is 0 Å². The molecule has 0 aromatic rings. The lowest BCUT2D eigenvalue weighted by molar-refractivity contribution is -0.140. The normalized spacial score (nSPS) is 38.2. The largest absolute Gasteiger partial charge is 0.460 e. The molecule has 3 nitrogen and oxygen atoms in total. The molecule has 102 valence electrons. The van der Waals surface area contributed by atoms with Gasteiger partial charge in [0.1, 0.15) is 6.61 Å². The van der Waals surface area contributed by atoms with Crippen molar-refractivity contribution in [1.82, 2.24) is 0 Å². The molecule has 2 bridgehead atoms. The molecule has 0 N–H and O–H groups in total. The highest BCUT2D eigenvalue weighted by Gasteiger charge is 2.47. The van der Waals surface area contributed by atoms with Gasteiger partial charge in [0.25, 0.3) is 0 Å². The lowest BCUT2D eigenvalue weighted by Gasteiger charge is -2.28. The number of fused-ring (bicyclic) bond motifs is 5. The minimum Gasteiger partial charge on any atom is -0.460 e. The second-order valence-corrected chi connectivity index (χ2v) is 5.75. The Morgan fingerprint density at radius 3 is 2.53 bits per heavy atom. The van der Waals surface area contributed by atoms with Crippen molar-refractivity contribution in [1.29, 1.82) is 0 Å². The molecule has 0 aromatic carbocycles. The van der Waals surface area contributed by atoms with Gasteiger partial charge in [-0.1, -0.05) is 6.58 Å². The molecule has 0 aliphatic heterocycles. The van der Waals surface area contributed by atoms with Crippen molar-refractivity contribution in [2.45, 2.75) is 25.4 Å². The fourth-order valence-electron chi connectivity index (χ4n) is 3.93. The molecule has 0 amide bonds. The summed E-state index contributed by atoms with van der Waals surface area (Å²) in [5.74, 6) is 2.55. The van der Waals surface area contributed by atoms with E-state index in [-0.39, 0.29) is 5.97 Å². The summed E-state index contributed by atoms with van der Waals surface area (Å²) in [4.78, 5) is 10.9. The van der Waals surface area contributed by atoms with Crippen LogP contribution in [0, 0.1) is 23.7 Å². The van der Waals surface area contributed by atoms with Crippen molar-refractivity contribution >= 4 is 5.97 Å². The van der Waals surface area contributed by atoms with Crippen molar-refractivity contribution in [3.8, 4) is 0 Å². The summed E-state index contributed by atoms with van der Waals surface area (Å²) in [7, 11) is 0. The highest BCUT2D eigenvalue weighted by atomic mass is 16.6. The first-order chi connectivity index (χ1) is 9.28. The van der Waals surface area contributed by atoms with Crippen molar-refractivity contribution in [3.63, 3.8) is 0 Å². The van der Waals surface area contributed by atoms with E-state index in [4.69, 9.17) is 9.47 Å². The number of esters is 1. The maximum atomic E-state index is 10.9. The Bertz CT molecular complexity index is 411. The van der Waals surface area contributed by atoms with E-state index in [2.05, 4.69) is 24.5 Å². The summed E-state index contributed by atoms with van der Waals surface area (Å²) in [6, 6.07) is 0. The smallest absolute Gasteiger partial charge is 0.330 e. The maximum Gasteiger partial charge on any atom is 0.330 e. The zero-order valence-electron chi connectivity index (χ0n) is 11.1. The molecule has 3 heteroatoms. The van der Waals surface area contributed by atoms with Crippen LogP contribution in [0.25, 0.3) is 0 Å². The topological polar surface area (TPSA) is 35.5 Å². The van der Waals surface area contributed by atoms with Crippen LogP contribution in [0.3, 0.4) is 0 Å². The average molecular weight is 260 g/mol. The number of hydrogen-bond donors (Lipinski definition) is 0. The summed E-state index contributed by atoms with van der Waals surface area (Å²) in [6.45, 7) is 4.18. The van der Waals surface area contributed by atoms with E-state index in [1.807, 2.05) is 0 Å². The van der Waals surface area contributed by atoms with E-state index in [0.29, 0.717) is 31.2 Å². The predicted molar refractivity (Wildman–Crippen MR) is 71.4 cm³/mol. The van der Waals surface area contributed by atoms with Crippen molar-refractivity contribution in [2.24, 2.45) is 23.7 Å². The minimum absolute atomic E-state index is 0.323. The summed E-state index contributed by atoms with van der Waals surface area (Å²) in [5.41, 5.74) is 3.28. The van der Waals surface area contributed by atoms with Gasteiger partial charge in [0, 0.05) is 6.08 Å². The van der Waals surface area contributed by atoms with Gasteiger partial charge in [-0.3, -0.25) is 0 Å². The molecular weight excluding hydrogens is 240 g/mol. The van der Waals surface area contributed by atoms with Crippen LogP contribution in [0.2, 0.25) is 0 Å². The van der Waals surface area contributed by atoms with E-state index >= 15 is 0 Å². The van der Waals surface area contributed by atoms with Crippen LogP contribution in [0.15, 0.2) is 30.5 Å². The lowest BCUT2D eigenvalue weighted by Crippen LogP contribution is -2.26. The van der Waals surface area contributed by atoms with Gasteiger partial charge in [0.05, 0.1) is 12.7 Å². The second kappa shape index (κ2) is 5.36.